The summed E-state index contributed by atoms with van der Waals surface area (Å²) >= 11 is 0. The van der Waals surface area contributed by atoms with Gasteiger partial charge >= 0.3 is 0 Å². The van der Waals surface area contributed by atoms with Crippen LogP contribution in [0.4, 0.5) is 0 Å². The van der Waals surface area contributed by atoms with Crippen molar-refractivity contribution in [2.75, 3.05) is 32.9 Å². The monoisotopic (exact) mass is 291 g/mol. The van der Waals surface area contributed by atoms with Crippen LogP contribution >= 0.6 is 0 Å². The molecule has 0 aliphatic carbocycles. The number of likely N-dealkylation sites (tertiary alicyclic amines) is 1. The summed E-state index contributed by atoms with van der Waals surface area (Å²) < 4.78 is 11.4. The van der Waals surface area contributed by atoms with Crippen molar-refractivity contribution < 1.29 is 14.6 Å². The van der Waals surface area contributed by atoms with Crippen LogP contribution in [-0.4, -0.2) is 49.2 Å². The van der Waals surface area contributed by atoms with Gasteiger partial charge in [-0.3, -0.25) is 4.90 Å². The van der Waals surface area contributed by atoms with E-state index in [9.17, 15) is 5.11 Å². The minimum Gasteiger partial charge on any atom is -0.396 e. The number of aliphatic hydroxyl groups is 1. The molecule has 0 spiro atoms. The maximum absolute atomic E-state index is 9.93. The van der Waals surface area contributed by atoms with E-state index in [1.165, 1.54) is 5.56 Å². The summed E-state index contributed by atoms with van der Waals surface area (Å²) in [5, 5.41) is 9.93. The van der Waals surface area contributed by atoms with E-state index >= 15 is 0 Å². The minimum absolute atomic E-state index is 0.138. The molecular weight excluding hydrogens is 266 g/mol. The largest absolute Gasteiger partial charge is 0.396 e. The zero-order valence-electron chi connectivity index (χ0n) is 12.7. The molecule has 3 rings (SSSR count). The summed E-state index contributed by atoms with van der Waals surface area (Å²) in [4.78, 5) is 2.43. The number of rotatable bonds is 4. The van der Waals surface area contributed by atoms with Crippen LogP contribution in [-0.2, 0) is 16.0 Å². The molecule has 2 heterocycles. The van der Waals surface area contributed by atoms with Gasteiger partial charge in [0.25, 0.3) is 0 Å². The molecule has 0 radical (unpaired) electrons. The first-order chi connectivity index (χ1) is 10.2. The van der Waals surface area contributed by atoms with Gasteiger partial charge in [-0.25, -0.2) is 0 Å². The standard InChI is InChI=1S/C17H25NO3/c1-17(13-19)12-18(11-14-5-3-2-4-6-14)8-7-15(17)16-20-9-10-21-16/h2-6,15-16,19H,7-13H2,1H3. The van der Waals surface area contributed by atoms with Crippen molar-refractivity contribution in [1.82, 2.24) is 4.90 Å². The van der Waals surface area contributed by atoms with E-state index in [0.29, 0.717) is 13.2 Å². The van der Waals surface area contributed by atoms with Gasteiger partial charge in [-0.1, -0.05) is 37.3 Å². The van der Waals surface area contributed by atoms with E-state index in [1.807, 2.05) is 6.07 Å². The number of piperidine rings is 1. The van der Waals surface area contributed by atoms with E-state index in [4.69, 9.17) is 9.47 Å². The Morgan fingerprint density at radius 2 is 1.95 bits per heavy atom. The van der Waals surface area contributed by atoms with Gasteiger partial charge < -0.3 is 14.6 Å². The van der Waals surface area contributed by atoms with Crippen molar-refractivity contribution in [2.24, 2.45) is 11.3 Å². The molecule has 2 unspecified atom stereocenters. The summed E-state index contributed by atoms with van der Waals surface area (Å²) in [6.07, 6.45) is 0.871. The molecule has 2 fully saturated rings. The summed E-state index contributed by atoms with van der Waals surface area (Å²) in [5.41, 5.74) is 1.16. The van der Waals surface area contributed by atoms with Crippen molar-refractivity contribution in [3.8, 4) is 0 Å². The second kappa shape index (κ2) is 6.44. The predicted octanol–water partition coefficient (Wildman–Crippen LogP) is 1.88. The maximum atomic E-state index is 9.93. The highest BCUT2D eigenvalue weighted by Crippen LogP contribution is 2.40. The number of nitrogens with zero attached hydrogens (tertiary/aromatic N) is 1. The Morgan fingerprint density at radius 3 is 2.62 bits per heavy atom. The Labute approximate surface area is 126 Å². The van der Waals surface area contributed by atoms with E-state index < -0.39 is 0 Å². The normalized spacial score (nSPS) is 31.6. The lowest BCUT2D eigenvalue weighted by Crippen LogP contribution is -2.52. The smallest absolute Gasteiger partial charge is 0.161 e. The number of hydrogen-bond acceptors (Lipinski definition) is 4. The molecule has 2 aliphatic rings. The molecule has 1 aromatic carbocycles. The Morgan fingerprint density at radius 1 is 1.24 bits per heavy atom. The summed E-state index contributed by atoms with van der Waals surface area (Å²) in [7, 11) is 0. The van der Waals surface area contributed by atoms with Gasteiger partial charge in [-0.15, -0.1) is 0 Å². The third kappa shape index (κ3) is 3.29. The molecule has 21 heavy (non-hydrogen) atoms. The molecule has 4 nitrogen and oxygen atoms in total. The zero-order valence-corrected chi connectivity index (χ0v) is 12.7. The topological polar surface area (TPSA) is 41.9 Å². The Balaban J connectivity index is 1.66. The first kappa shape index (κ1) is 15.0. The van der Waals surface area contributed by atoms with Crippen LogP contribution in [0.15, 0.2) is 30.3 Å². The quantitative estimate of drug-likeness (QED) is 0.920. The highest BCUT2D eigenvalue weighted by Gasteiger charge is 2.45. The number of benzene rings is 1. The van der Waals surface area contributed by atoms with Gasteiger partial charge in [0.2, 0.25) is 0 Å². The molecule has 1 aromatic rings. The SMILES string of the molecule is CC1(CO)CN(Cc2ccccc2)CCC1C1OCCO1. The van der Waals surface area contributed by atoms with Crippen molar-refractivity contribution in [3.05, 3.63) is 35.9 Å². The highest BCUT2D eigenvalue weighted by atomic mass is 16.7. The van der Waals surface area contributed by atoms with Gasteiger partial charge in [0, 0.05) is 24.4 Å². The fourth-order valence-electron chi connectivity index (χ4n) is 3.59. The van der Waals surface area contributed by atoms with Crippen molar-refractivity contribution in [2.45, 2.75) is 26.2 Å². The van der Waals surface area contributed by atoms with E-state index in [-0.39, 0.29) is 24.2 Å². The van der Waals surface area contributed by atoms with Crippen LogP contribution in [0.1, 0.15) is 18.9 Å². The van der Waals surface area contributed by atoms with Crippen LogP contribution in [0.3, 0.4) is 0 Å². The summed E-state index contributed by atoms with van der Waals surface area (Å²) in [6, 6.07) is 10.5. The van der Waals surface area contributed by atoms with E-state index in [1.54, 1.807) is 0 Å². The van der Waals surface area contributed by atoms with Crippen LogP contribution < -0.4 is 0 Å². The first-order valence-electron chi connectivity index (χ1n) is 7.82. The van der Waals surface area contributed by atoms with Crippen molar-refractivity contribution in [3.63, 3.8) is 0 Å². The Kier molecular flexibility index (Phi) is 4.60. The second-order valence-electron chi connectivity index (χ2n) is 6.51. The molecule has 0 saturated carbocycles. The second-order valence-corrected chi connectivity index (χ2v) is 6.51. The van der Waals surface area contributed by atoms with Gasteiger partial charge in [0.15, 0.2) is 6.29 Å². The van der Waals surface area contributed by atoms with Crippen molar-refractivity contribution >= 4 is 0 Å². The lowest BCUT2D eigenvalue weighted by Gasteiger charge is -2.46. The molecule has 0 bridgehead atoms. The fourth-order valence-corrected chi connectivity index (χ4v) is 3.59. The highest BCUT2D eigenvalue weighted by molar-refractivity contribution is 5.14. The minimum atomic E-state index is -0.165. The molecule has 0 amide bonds. The van der Waals surface area contributed by atoms with E-state index in [2.05, 4.69) is 36.1 Å². The van der Waals surface area contributed by atoms with E-state index in [0.717, 1.165) is 26.1 Å². The predicted molar refractivity (Wildman–Crippen MR) is 80.7 cm³/mol. The van der Waals surface area contributed by atoms with Gasteiger partial charge in [-0.05, 0) is 18.5 Å². The summed E-state index contributed by atoms with van der Waals surface area (Å²) in [6.45, 7) is 6.53. The number of hydrogen-bond donors (Lipinski definition) is 1. The van der Waals surface area contributed by atoms with Gasteiger partial charge in [0.1, 0.15) is 0 Å². The average molecular weight is 291 g/mol. The summed E-state index contributed by atoms with van der Waals surface area (Å²) in [5.74, 6) is 0.275. The Hall–Kier alpha value is -0.940. The Bertz CT molecular complexity index is 447. The molecule has 0 aromatic heterocycles. The lowest BCUT2D eigenvalue weighted by molar-refractivity contribution is -0.152. The molecule has 2 atom stereocenters. The maximum Gasteiger partial charge on any atom is 0.161 e. The molecule has 2 aliphatic heterocycles. The van der Waals surface area contributed by atoms with Crippen molar-refractivity contribution in [1.29, 1.82) is 0 Å². The van der Waals surface area contributed by atoms with Crippen LogP contribution in [0.5, 0.6) is 0 Å². The molecule has 4 heteroatoms. The van der Waals surface area contributed by atoms with Gasteiger partial charge in [-0.2, -0.15) is 0 Å². The third-order valence-electron chi connectivity index (χ3n) is 4.82. The zero-order chi connectivity index (χ0) is 14.7. The molecular formula is C17H25NO3. The third-order valence-corrected chi connectivity index (χ3v) is 4.82. The fraction of sp³-hybridized carbons (Fsp3) is 0.647. The molecule has 1 N–H and O–H groups in total. The van der Waals surface area contributed by atoms with Crippen LogP contribution in [0, 0.1) is 11.3 Å². The lowest BCUT2D eigenvalue weighted by atomic mass is 9.72. The average Bonchev–Trinajstić information content (AvgIpc) is 3.02. The van der Waals surface area contributed by atoms with Crippen LogP contribution in [0.25, 0.3) is 0 Å². The molecule has 116 valence electrons. The van der Waals surface area contributed by atoms with Gasteiger partial charge in [0.05, 0.1) is 19.8 Å². The van der Waals surface area contributed by atoms with Crippen LogP contribution in [0.2, 0.25) is 0 Å². The number of ether oxygens (including phenoxy) is 2. The number of aliphatic hydroxyl groups excluding tert-OH is 1. The first-order valence-corrected chi connectivity index (χ1v) is 7.82. The molecule has 2 saturated heterocycles.